The van der Waals surface area contributed by atoms with Crippen molar-refractivity contribution in [1.82, 2.24) is 25.0 Å². The molecule has 1 aromatic heterocycles. The van der Waals surface area contributed by atoms with E-state index in [0.29, 0.717) is 25.6 Å². The monoisotopic (exact) mass is 548 g/mol. The Bertz CT molecular complexity index is 705. The van der Waals surface area contributed by atoms with Gasteiger partial charge in [-0.05, 0) is 52.6 Å². The van der Waals surface area contributed by atoms with E-state index in [2.05, 4.69) is 25.1 Å². The summed E-state index contributed by atoms with van der Waals surface area (Å²) in [4.78, 5) is 27.2. The smallest absolute Gasteiger partial charge is 0.409 e. The molecule has 2 saturated heterocycles. The molecule has 0 aromatic carbocycles. The van der Waals surface area contributed by atoms with Gasteiger partial charge in [0.1, 0.15) is 5.76 Å². The van der Waals surface area contributed by atoms with Crippen LogP contribution < -0.4 is 5.32 Å². The molecule has 9 nitrogen and oxygen atoms in total. The van der Waals surface area contributed by atoms with Crippen molar-refractivity contribution in [3.63, 3.8) is 0 Å². The van der Waals surface area contributed by atoms with E-state index >= 15 is 0 Å². The number of hydrogen-bond acceptors (Lipinski definition) is 6. The fourth-order valence-electron chi connectivity index (χ4n) is 4.03. The minimum atomic E-state index is -0.220. The number of rotatable bonds is 5. The normalized spacial score (nSPS) is 18.6. The molecule has 0 radical (unpaired) electrons. The number of hydrogen-bond donors (Lipinski definition) is 1. The minimum absolute atomic E-state index is 0. The van der Waals surface area contributed by atoms with E-state index in [1.165, 1.54) is 0 Å². The summed E-state index contributed by atoms with van der Waals surface area (Å²) in [6.07, 6.45) is 2.08. The first-order chi connectivity index (χ1) is 14.5. The van der Waals surface area contributed by atoms with Crippen molar-refractivity contribution in [1.29, 1.82) is 0 Å². The highest BCUT2D eigenvalue weighted by molar-refractivity contribution is 14.0. The van der Waals surface area contributed by atoms with E-state index < -0.39 is 0 Å². The SMILES string of the molecule is CCOC(=O)N1CCN(C(=NC)NCC2CCN(Cc3nc(C)c(C)o3)CC2)CC1.I. The van der Waals surface area contributed by atoms with Gasteiger partial charge in [0.05, 0.1) is 18.8 Å². The number of oxazole rings is 1. The lowest BCUT2D eigenvalue weighted by Gasteiger charge is -2.37. The van der Waals surface area contributed by atoms with E-state index in [0.717, 1.165) is 75.4 Å². The van der Waals surface area contributed by atoms with Crippen LogP contribution in [-0.2, 0) is 11.3 Å². The number of piperazine rings is 1. The molecule has 1 N–H and O–H groups in total. The van der Waals surface area contributed by atoms with E-state index in [4.69, 9.17) is 9.15 Å². The van der Waals surface area contributed by atoms with Crippen LogP contribution in [0.25, 0.3) is 0 Å². The van der Waals surface area contributed by atoms with Gasteiger partial charge in [-0.1, -0.05) is 0 Å². The van der Waals surface area contributed by atoms with Gasteiger partial charge < -0.3 is 24.3 Å². The van der Waals surface area contributed by atoms with Crippen molar-refractivity contribution in [3.05, 3.63) is 17.3 Å². The predicted molar refractivity (Wildman–Crippen MR) is 131 cm³/mol. The number of aryl methyl sites for hydroxylation is 2. The first-order valence-corrected chi connectivity index (χ1v) is 11.0. The van der Waals surface area contributed by atoms with Crippen LogP contribution in [0.4, 0.5) is 4.79 Å². The number of guanidine groups is 1. The van der Waals surface area contributed by atoms with Gasteiger partial charge in [0.25, 0.3) is 0 Å². The fraction of sp³-hybridized carbons (Fsp3) is 0.762. The molecular weight excluding hydrogens is 511 g/mol. The molecule has 2 aliphatic rings. The lowest BCUT2D eigenvalue weighted by atomic mass is 9.97. The number of nitrogens with one attached hydrogen (secondary N) is 1. The number of aliphatic imine (C=N–C) groups is 1. The minimum Gasteiger partial charge on any atom is -0.450 e. The number of aromatic nitrogens is 1. The quantitative estimate of drug-likeness (QED) is 0.344. The summed E-state index contributed by atoms with van der Waals surface area (Å²) in [6, 6.07) is 0. The summed E-state index contributed by atoms with van der Waals surface area (Å²) in [6.45, 7) is 12.9. The molecule has 2 fully saturated rings. The second-order valence-electron chi connectivity index (χ2n) is 8.07. The Morgan fingerprint density at radius 1 is 1.16 bits per heavy atom. The van der Waals surface area contributed by atoms with E-state index in [-0.39, 0.29) is 30.1 Å². The van der Waals surface area contributed by atoms with Crippen LogP contribution in [0, 0.1) is 19.8 Å². The number of likely N-dealkylation sites (tertiary alicyclic amines) is 1. The molecule has 0 saturated carbocycles. The van der Waals surface area contributed by atoms with Crippen molar-refractivity contribution in [2.24, 2.45) is 10.9 Å². The maximum atomic E-state index is 11.9. The highest BCUT2D eigenvalue weighted by Gasteiger charge is 2.25. The first-order valence-electron chi connectivity index (χ1n) is 11.0. The van der Waals surface area contributed by atoms with Crippen molar-refractivity contribution in [3.8, 4) is 0 Å². The highest BCUT2D eigenvalue weighted by atomic mass is 127. The maximum Gasteiger partial charge on any atom is 0.409 e. The summed E-state index contributed by atoms with van der Waals surface area (Å²) in [5.41, 5.74) is 0.985. The van der Waals surface area contributed by atoms with Gasteiger partial charge in [-0.25, -0.2) is 9.78 Å². The summed E-state index contributed by atoms with van der Waals surface area (Å²) >= 11 is 0. The number of piperidine rings is 1. The molecule has 1 amide bonds. The van der Waals surface area contributed by atoms with Gasteiger partial charge in [-0.15, -0.1) is 24.0 Å². The number of ether oxygens (including phenoxy) is 1. The second kappa shape index (κ2) is 12.5. The third-order valence-corrected chi connectivity index (χ3v) is 6.00. The van der Waals surface area contributed by atoms with Crippen molar-refractivity contribution in [2.45, 2.75) is 40.2 Å². The predicted octanol–water partition coefficient (Wildman–Crippen LogP) is 2.47. The number of halogens is 1. The number of carbonyl (C=O) groups excluding carboxylic acids is 1. The van der Waals surface area contributed by atoms with Crippen LogP contribution in [0.3, 0.4) is 0 Å². The molecule has 3 rings (SSSR count). The standard InChI is InChI=1S/C21H36N6O3.HI/c1-5-29-21(28)27-12-10-26(11-13-27)20(22-4)23-14-18-6-8-25(9-7-18)15-19-24-16(2)17(3)30-19;/h18H,5-15H2,1-4H3,(H,22,23);1H. The van der Waals surface area contributed by atoms with Gasteiger partial charge in [-0.3, -0.25) is 9.89 Å². The van der Waals surface area contributed by atoms with Crippen LogP contribution in [0.1, 0.15) is 37.1 Å². The maximum absolute atomic E-state index is 11.9. The average Bonchev–Trinajstić information content (AvgIpc) is 3.07. The molecule has 31 heavy (non-hydrogen) atoms. The molecule has 0 aliphatic carbocycles. The molecule has 0 atom stereocenters. The Hall–Kier alpha value is -1.56. The zero-order valence-electron chi connectivity index (χ0n) is 19.2. The summed E-state index contributed by atoms with van der Waals surface area (Å²) in [7, 11) is 1.82. The Morgan fingerprint density at radius 3 is 2.35 bits per heavy atom. The van der Waals surface area contributed by atoms with Crippen LogP contribution in [0.15, 0.2) is 9.41 Å². The Balaban J connectivity index is 0.00000341. The Morgan fingerprint density at radius 2 is 1.81 bits per heavy atom. The lowest BCUT2D eigenvalue weighted by molar-refractivity contribution is 0.0913. The summed E-state index contributed by atoms with van der Waals surface area (Å²) in [5, 5.41) is 3.55. The number of amides is 1. The van der Waals surface area contributed by atoms with Crippen LogP contribution >= 0.6 is 24.0 Å². The summed E-state index contributed by atoms with van der Waals surface area (Å²) in [5.74, 6) is 3.29. The molecule has 1 aromatic rings. The second-order valence-corrected chi connectivity index (χ2v) is 8.07. The zero-order chi connectivity index (χ0) is 21.5. The third-order valence-electron chi connectivity index (χ3n) is 6.00. The Kier molecular flexibility index (Phi) is 10.3. The highest BCUT2D eigenvalue weighted by Crippen LogP contribution is 2.19. The van der Waals surface area contributed by atoms with Crippen molar-refractivity contribution < 1.29 is 13.9 Å². The van der Waals surface area contributed by atoms with Gasteiger partial charge in [0.2, 0.25) is 5.89 Å². The molecule has 176 valence electrons. The van der Waals surface area contributed by atoms with E-state index in [1.54, 1.807) is 4.90 Å². The van der Waals surface area contributed by atoms with E-state index in [9.17, 15) is 4.79 Å². The largest absolute Gasteiger partial charge is 0.450 e. The molecule has 2 aliphatic heterocycles. The van der Waals surface area contributed by atoms with E-state index in [1.807, 2.05) is 27.8 Å². The van der Waals surface area contributed by atoms with Crippen molar-refractivity contribution >= 4 is 36.0 Å². The molecule has 0 bridgehead atoms. The molecule has 3 heterocycles. The van der Waals surface area contributed by atoms with Gasteiger partial charge in [-0.2, -0.15) is 0 Å². The Labute approximate surface area is 202 Å². The van der Waals surface area contributed by atoms with Gasteiger partial charge in [0.15, 0.2) is 5.96 Å². The molecule has 0 spiro atoms. The topological polar surface area (TPSA) is 86.4 Å². The van der Waals surface area contributed by atoms with Gasteiger partial charge in [0, 0.05) is 39.8 Å². The third kappa shape index (κ3) is 7.23. The summed E-state index contributed by atoms with van der Waals surface area (Å²) < 4.78 is 10.8. The number of nitrogens with zero attached hydrogens (tertiary/aromatic N) is 5. The number of carbonyl (C=O) groups is 1. The first kappa shape index (κ1) is 25.7. The van der Waals surface area contributed by atoms with Gasteiger partial charge >= 0.3 is 6.09 Å². The van der Waals surface area contributed by atoms with Crippen LogP contribution in [0.5, 0.6) is 0 Å². The molecule has 0 unspecified atom stereocenters. The molecule has 10 heteroatoms. The zero-order valence-corrected chi connectivity index (χ0v) is 21.6. The van der Waals surface area contributed by atoms with Crippen LogP contribution in [0.2, 0.25) is 0 Å². The average molecular weight is 548 g/mol. The lowest BCUT2D eigenvalue weighted by Crippen LogP contribution is -2.54. The fourth-order valence-corrected chi connectivity index (χ4v) is 4.03. The molecular formula is C21H37IN6O3. The van der Waals surface area contributed by atoms with Crippen molar-refractivity contribution in [2.75, 3.05) is 59.5 Å². The van der Waals surface area contributed by atoms with Crippen LogP contribution in [-0.4, -0.2) is 91.2 Å².